The molecule has 0 radical (unpaired) electrons. The van der Waals surface area contributed by atoms with Gasteiger partial charge in [-0.1, -0.05) is 18.2 Å². The highest BCUT2D eigenvalue weighted by Gasteiger charge is 2.21. The van der Waals surface area contributed by atoms with Crippen molar-refractivity contribution >= 4 is 33.6 Å². The van der Waals surface area contributed by atoms with Crippen molar-refractivity contribution in [2.24, 2.45) is 7.05 Å². The van der Waals surface area contributed by atoms with E-state index in [0.717, 1.165) is 35.9 Å². The summed E-state index contributed by atoms with van der Waals surface area (Å²) >= 11 is 1.63. The van der Waals surface area contributed by atoms with Crippen molar-refractivity contribution in [3.05, 3.63) is 59.4 Å². The fourth-order valence-electron chi connectivity index (χ4n) is 3.28. The summed E-state index contributed by atoms with van der Waals surface area (Å²) in [4.78, 5) is 19.4. The third kappa shape index (κ3) is 3.63. The van der Waals surface area contributed by atoms with E-state index in [2.05, 4.69) is 26.4 Å². The summed E-state index contributed by atoms with van der Waals surface area (Å²) in [5.41, 5.74) is 3.07. The molecule has 0 spiro atoms. The molecule has 0 bridgehead atoms. The standard InChI is InChI=1S/C20H21N5O2S/c1-24-17(14-6-5-10-25(13-14)20-21-9-11-28-20)12-16(23-24)19(26)22-15-7-3-4-8-18(15)27-2/h3-4,6-9,11-12H,5,10,13H2,1-2H3,(H,22,26). The lowest BCUT2D eigenvalue weighted by molar-refractivity contribution is 0.102. The van der Waals surface area contributed by atoms with Crippen molar-refractivity contribution in [2.75, 3.05) is 30.4 Å². The number of ether oxygens (including phenoxy) is 1. The average Bonchev–Trinajstić information content (AvgIpc) is 3.38. The highest BCUT2D eigenvalue weighted by molar-refractivity contribution is 7.13. The number of nitrogens with one attached hydrogen (secondary N) is 1. The normalized spacial score (nSPS) is 13.9. The lowest BCUT2D eigenvalue weighted by Gasteiger charge is -2.26. The van der Waals surface area contributed by atoms with Gasteiger partial charge in [-0.3, -0.25) is 9.48 Å². The van der Waals surface area contributed by atoms with Gasteiger partial charge in [-0.2, -0.15) is 5.10 Å². The van der Waals surface area contributed by atoms with Gasteiger partial charge in [-0.15, -0.1) is 11.3 Å². The molecule has 3 aromatic rings. The van der Waals surface area contributed by atoms with E-state index in [4.69, 9.17) is 4.74 Å². The van der Waals surface area contributed by atoms with Crippen LogP contribution in [-0.2, 0) is 7.05 Å². The number of anilines is 2. The van der Waals surface area contributed by atoms with Crippen LogP contribution in [0.15, 0.2) is 48.0 Å². The van der Waals surface area contributed by atoms with E-state index in [9.17, 15) is 4.79 Å². The maximum absolute atomic E-state index is 12.7. The number of thiazole rings is 1. The van der Waals surface area contributed by atoms with Crippen LogP contribution in [-0.4, -0.2) is 40.9 Å². The van der Waals surface area contributed by atoms with E-state index >= 15 is 0 Å². The van der Waals surface area contributed by atoms with E-state index < -0.39 is 0 Å². The van der Waals surface area contributed by atoms with Crippen LogP contribution in [0.2, 0.25) is 0 Å². The minimum absolute atomic E-state index is 0.264. The molecule has 0 fully saturated rings. The smallest absolute Gasteiger partial charge is 0.276 e. The molecule has 28 heavy (non-hydrogen) atoms. The highest BCUT2D eigenvalue weighted by Crippen LogP contribution is 2.27. The number of para-hydroxylation sites is 2. The third-order valence-corrected chi connectivity index (χ3v) is 5.47. The van der Waals surface area contributed by atoms with Gasteiger partial charge in [0.1, 0.15) is 5.75 Å². The fourth-order valence-corrected chi connectivity index (χ4v) is 3.95. The molecule has 1 aliphatic rings. The monoisotopic (exact) mass is 395 g/mol. The highest BCUT2D eigenvalue weighted by atomic mass is 32.1. The first-order chi connectivity index (χ1) is 13.7. The van der Waals surface area contributed by atoms with E-state index in [0.29, 0.717) is 17.1 Å². The van der Waals surface area contributed by atoms with Crippen LogP contribution in [0.4, 0.5) is 10.8 Å². The molecule has 0 atom stereocenters. The maximum Gasteiger partial charge on any atom is 0.276 e. The molecule has 4 rings (SSSR count). The molecule has 1 amide bonds. The molecule has 0 aliphatic carbocycles. The maximum atomic E-state index is 12.7. The summed E-state index contributed by atoms with van der Waals surface area (Å²) in [6.45, 7) is 1.69. The minimum atomic E-state index is -0.264. The first-order valence-electron chi connectivity index (χ1n) is 8.98. The number of methoxy groups -OCH3 is 1. The largest absolute Gasteiger partial charge is 0.495 e. The van der Waals surface area contributed by atoms with Crippen LogP contribution in [0.1, 0.15) is 22.6 Å². The van der Waals surface area contributed by atoms with Crippen LogP contribution in [0.3, 0.4) is 0 Å². The van der Waals surface area contributed by atoms with Gasteiger partial charge in [0, 0.05) is 31.7 Å². The fraction of sp³-hybridized carbons (Fsp3) is 0.250. The SMILES string of the molecule is COc1ccccc1NC(=O)c1cc(C2=CCCN(c3nccs3)C2)n(C)n1. The first-order valence-corrected chi connectivity index (χ1v) is 9.86. The number of aromatic nitrogens is 3. The van der Waals surface area contributed by atoms with Gasteiger partial charge in [0.25, 0.3) is 5.91 Å². The lowest BCUT2D eigenvalue weighted by Crippen LogP contribution is -2.29. The molecule has 0 saturated carbocycles. The Kier molecular flexibility index (Phi) is 5.12. The third-order valence-electron chi connectivity index (χ3n) is 4.64. The van der Waals surface area contributed by atoms with E-state index in [-0.39, 0.29) is 5.91 Å². The molecule has 1 aromatic carbocycles. The molecule has 7 nitrogen and oxygen atoms in total. The zero-order valence-electron chi connectivity index (χ0n) is 15.8. The van der Waals surface area contributed by atoms with Gasteiger partial charge < -0.3 is 15.0 Å². The number of benzene rings is 1. The minimum Gasteiger partial charge on any atom is -0.495 e. The van der Waals surface area contributed by atoms with Crippen LogP contribution in [0.25, 0.3) is 5.57 Å². The first kappa shape index (κ1) is 18.2. The number of amides is 1. The van der Waals surface area contributed by atoms with Crippen LogP contribution in [0.5, 0.6) is 5.75 Å². The van der Waals surface area contributed by atoms with Gasteiger partial charge >= 0.3 is 0 Å². The molecule has 2 aromatic heterocycles. The summed E-state index contributed by atoms with van der Waals surface area (Å²) in [7, 11) is 3.44. The Bertz CT molecular complexity index is 1010. The number of nitrogens with zero attached hydrogens (tertiary/aromatic N) is 4. The van der Waals surface area contributed by atoms with Crippen molar-refractivity contribution in [2.45, 2.75) is 6.42 Å². The van der Waals surface area contributed by atoms with Gasteiger partial charge in [0.2, 0.25) is 0 Å². The molecule has 3 heterocycles. The Balaban J connectivity index is 1.53. The van der Waals surface area contributed by atoms with Crippen molar-refractivity contribution < 1.29 is 9.53 Å². The molecule has 0 unspecified atom stereocenters. The quantitative estimate of drug-likeness (QED) is 0.717. The number of carbonyl (C=O) groups excluding carboxylic acids is 1. The molecule has 144 valence electrons. The Morgan fingerprint density at radius 2 is 2.18 bits per heavy atom. The van der Waals surface area contributed by atoms with E-state index in [1.165, 1.54) is 0 Å². The van der Waals surface area contributed by atoms with Crippen LogP contribution >= 0.6 is 11.3 Å². The van der Waals surface area contributed by atoms with Crippen molar-refractivity contribution in [3.8, 4) is 5.75 Å². The predicted octanol–water partition coefficient (Wildman–Crippen LogP) is 3.43. The Hall–Kier alpha value is -3.13. The summed E-state index contributed by atoms with van der Waals surface area (Å²) in [5.74, 6) is 0.348. The topological polar surface area (TPSA) is 72.3 Å². The Labute approximate surface area is 167 Å². The molecular weight excluding hydrogens is 374 g/mol. The number of carbonyl (C=O) groups is 1. The van der Waals surface area contributed by atoms with Gasteiger partial charge in [-0.25, -0.2) is 4.98 Å². The molecule has 1 N–H and O–H groups in total. The van der Waals surface area contributed by atoms with Crippen molar-refractivity contribution in [1.29, 1.82) is 0 Å². The predicted molar refractivity (Wildman–Crippen MR) is 111 cm³/mol. The van der Waals surface area contributed by atoms with E-state index in [1.54, 1.807) is 35.3 Å². The summed E-state index contributed by atoms with van der Waals surface area (Å²) in [6.07, 6.45) is 4.97. The number of aryl methyl sites for hydroxylation is 1. The van der Waals surface area contributed by atoms with Crippen LogP contribution in [0, 0.1) is 0 Å². The lowest BCUT2D eigenvalue weighted by atomic mass is 10.1. The zero-order chi connectivity index (χ0) is 19.5. The van der Waals surface area contributed by atoms with Gasteiger partial charge in [-0.05, 0) is 30.2 Å². The van der Waals surface area contributed by atoms with Crippen molar-refractivity contribution in [3.63, 3.8) is 0 Å². The Morgan fingerprint density at radius 1 is 1.32 bits per heavy atom. The molecule has 1 aliphatic heterocycles. The number of rotatable bonds is 5. The number of hydrogen-bond acceptors (Lipinski definition) is 6. The van der Waals surface area contributed by atoms with Gasteiger partial charge in [0.05, 0.1) is 18.5 Å². The summed E-state index contributed by atoms with van der Waals surface area (Å²) < 4.78 is 7.05. The second kappa shape index (κ2) is 7.85. The summed E-state index contributed by atoms with van der Waals surface area (Å²) in [6, 6.07) is 9.15. The number of hydrogen-bond donors (Lipinski definition) is 1. The van der Waals surface area contributed by atoms with Crippen LogP contribution < -0.4 is 15.0 Å². The summed E-state index contributed by atoms with van der Waals surface area (Å²) in [5, 5.41) is 10.3. The molecule has 0 saturated heterocycles. The van der Waals surface area contributed by atoms with Crippen molar-refractivity contribution in [1.82, 2.24) is 14.8 Å². The van der Waals surface area contributed by atoms with E-state index in [1.807, 2.05) is 36.8 Å². The Morgan fingerprint density at radius 3 is 2.96 bits per heavy atom. The zero-order valence-corrected chi connectivity index (χ0v) is 16.6. The second-order valence-corrected chi connectivity index (χ2v) is 7.32. The molecule has 8 heteroatoms. The average molecular weight is 395 g/mol. The second-order valence-electron chi connectivity index (χ2n) is 6.45. The molecular formula is C20H21N5O2S. The van der Waals surface area contributed by atoms with Gasteiger partial charge in [0.15, 0.2) is 10.8 Å².